The summed E-state index contributed by atoms with van der Waals surface area (Å²) in [6.45, 7) is 0.796. The molecule has 4 aliphatic rings. The number of nitrogens with zero attached hydrogens (tertiary/aromatic N) is 1. The second-order valence-electron chi connectivity index (χ2n) is 13.5. The molecule has 0 saturated carbocycles. The van der Waals surface area contributed by atoms with Gasteiger partial charge in [-0.25, -0.2) is 0 Å². The number of phenolic OH excluding ortho intramolecular Hbond substituents is 2. The van der Waals surface area contributed by atoms with Crippen LogP contribution in [0.4, 0.5) is 0 Å². The number of aromatic hydroxyl groups is 2. The summed E-state index contributed by atoms with van der Waals surface area (Å²) >= 11 is 0. The average molecular weight is 679 g/mol. The molecule has 10 nitrogen and oxygen atoms in total. The first-order valence-corrected chi connectivity index (χ1v) is 17.4. The Morgan fingerprint density at radius 1 is 0.940 bits per heavy atom. The van der Waals surface area contributed by atoms with Gasteiger partial charge in [-0.3, -0.25) is 10.3 Å². The highest BCUT2D eigenvalue weighted by atomic mass is 16.6. The second-order valence-corrected chi connectivity index (χ2v) is 13.5. The number of fused-ring (bicyclic) bond motifs is 9. The van der Waals surface area contributed by atoms with Crippen molar-refractivity contribution in [1.82, 2.24) is 5.32 Å². The smallest absolute Gasteiger partial charge is 0.161 e. The van der Waals surface area contributed by atoms with Crippen molar-refractivity contribution in [2.75, 3.05) is 40.1 Å². The van der Waals surface area contributed by atoms with Crippen molar-refractivity contribution in [3.63, 3.8) is 0 Å². The molecule has 4 aromatic carbocycles. The molecule has 0 spiro atoms. The van der Waals surface area contributed by atoms with Crippen LogP contribution in [-0.2, 0) is 30.4 Å². The molecule has 50 heavy (non-hydrogen) atoms. The molecule has 260 valence electrons. The van der Waals surface area contributed by atoms with Crippen LogP contribution < -0.4 is 30.1 Å². The highest BCUT2D eigenvalue weighted by Gasteiger charge is 2.42. The Morgan fingerprint density at radius 3 is 2.68 bits per heavy atom. The molecule has 0 aromatic heterocycles. The van der Waals surface area contributed by atoms with E-state index in [4.69, 9.17) is 18.9 Å². The van der Waals surface area contributed by atoms with Gasteiger partial charge in [-0.05, 0) is 108 Å². The number of aliphatic hydroxyl groups excluding tert-OH is 2. The maximum absolute atomic E-state index is 10.7. The number of hydrogen-bond donors (Lipinski definition) is 5. The number of benzene rings is 4. The maximum Gasteiger partial charge on any atom is 0.161 e. The topological polar surface area (TPSA) is 142 Å². The number of nitrogens with one attached hydrogen (secondary N) is 1. The molecule has 3 aliphatic heterocycles. The largest absolute Gasteiger partial charge is 0.508 e. The molecule has 4 atom stereocenters. The van der Waals surface area contributed by atoms with Crippen LogP contribution >= 0.6 is 0 Å². The summed E-state index contributed by atoms with van der Waals surface area (Å²) in [6, 6.07) is 17.2. The summed E-state index contributed by atoms with van der Waals surface area (Å²) in [5, 5.41) is 46.1. The Morgan fingerprint density at radius 2 is 1.84 bits per heavy atom. The molecule has 0 fully saturated rings. The average Bonchev–Trinajstić information content (AvgIpc) is 3.61. The van der Waals surface area contributed by atoms with Crippen molar-refractivity contribution in [3.8, 4) is 39.9 Å². The molecule has 4 unspecified atom stereocenters. The minimum atomic E-state index is -0.526. The lowest BCUT2D eigenvalue weighted by molar-refractivity contribution is -0.0436. The van der Waals surface area contributed by atoms with Gasteiger partial charge >= 0.3 is 0 Å². The van der Waals surface area contributed by atoms with E-state index in [2.05, 4.69) is 34.6 Å². The molecule has 0 saturated heterocycles. The van der Waals surface area contributed by atoms with Gasteiger partial charge in [-0.2, -0.15) is 0 Å². The van der Waals surface area contributed by atoms with Crippen LogP contribution in [0.1, 0.15) is 51.8 Å². The molecule has 0 amide bonds. The zero-order valence-corrected chi connectivity index (χ0v) is 28.0. The Hall–Kier alpha value is -4.61. The van der Waals surface area contributed by atoms with Crippen molar-refractivity contribution < 1.29 is 39.4 Å². The second kappa shape index (κ2) is 13.6. The summed E-state index contributed by atoms with van der Waals surface area (Å²) < 4.78 is 25.7. The van der Waals surface area contributed by atoms with Gasteiger partial charge in [0, 0.05) is 23.1 Å². The minimum Gasteiger partial charge on any atom is -0.508 e. The third-order valence-corrected chi connectivity index (χ3v) is 10.4. The molecule has 8 rings (SSSR count). The van der Waals surface area contributed by atoms with Crippen LogP contribution in [0.3, 0.4) is 0 Å². The van der Waals surface area contributed by atoms with E-state index in [1.165, 1.54) is 5.56 Å². The third-order valence-electron chi connectivity index (χ3n) is 10.4. The quantitative estimate of drug-likeness (QED) is 0.160. The third kappa shape index (κ3) is 5.86. The molecule has 3 heterocycles. The molecular weight excluding hydrogens is 636 g/mol. The summed E-state index contributed by atoms with van der Waals surface area (Å²) in [6.07, 6.45) is 4.27. The number of aliphatic hydroxyl groups is 2. The van der Waals surface area contributed by atoms with Gasteiger partial charge in [0.05, 0.1) is 31.8 Å². The highest BCUT2D eigenvalue weighted by Crippen LogP contribution is 2.56. The molecule has 4 aromatic rings. The predicted octanol–water partition coefficient (Wildman–Crippen LogP) is 3.36. The summed E-state index contributed by atoms with van der Waals surface area (Å²) in [4.78, 5) is 4.57. The van der Waals surface area contributed by atoms with Crippen molar-refractivity contribution >= 4 is 6.08 Å². The van der Waals surface area contributed by atoms with E-state index in [0.717, 1.165) is 67.4 Å². The zero-order chi connectivity index (χ0) is 34.4. The van der Waals surface area contributed by atoms with Crippen LogP contribution in [-0.4, -0.2) is 72.8 Å². The van der Waals surface area contributed by atoms with Crippen molar-refractivity contribution in [1.29, 1.82) is 0 Å². The number of phenols is 2. The predicted molar refractivity (Wildman–Crippen MR) is 187 cm³/mol. The first-order valence-electron chi connectivity index (χ1n) is 17.4. The van der Waals surface area contributed by atoms with Crippen molar-refractivity contribution in [2.45, 2.75) is 56.3 Å². The number of rotatable bonds is 10. The standard InChI is InChI=1S/C40H42N2O8/c1-41-21-48-36-19-32-31-16-25(15-22-2-8-33-23(14-22)10-11-42-33)30-18-26(45)4-6-28(30)37(31)40-29(7-5-27(20-44)49-40)39(32)50-38(36)24-3-9-34(46)35(17-24)47-13-12-43/h2-4,6,8-10,14,17-18,25,27,36,38,41,43-46H,5,7,11-13,15-16,19-21H2,1H3. The fraction of sp³-hybridized carbons (Fsp3) is 0.375. The number of ether oxygens (including phenoxy) is 4. The van der Waals surface area contributed by atoms with E-state index in [0.29, 0.717) is 39.0 Å². The van der Waals surface area contributed by atoms with Crippen LogP contribution in [0.5, 0.6) is 28.7 Å². The highest BCUT2D eigenvalue weighted by molar-refractivity contribution is 5.85. The van der Waals surface area contributed by atoms with Gasteiger partial charge in [0.1, 0.15) is 36.1 Å². The zero-order valence-electron chi connectivity index (χ0n) is 28.0. The molecular formula is C40H42N2O8. The van der Waals surface area contributed by atoms with E-state index in [9.17, 15) is 20.4 Å². The number of hydrogen-bond acceptors (Lipinski definition) is 10. The van der Waals surface area contributed by atoms with Gasteiger partial charge in [0.25, 0.3) is 0 Å². The molecule has 10 heteroatoms. The summed E-state index contributed by atoms with van der Waals surface area (Å²) in [7, 11) is 1.84. The van der Waals surface area contributed by atoms with Crippen molar-refractivity contribution in [3.05, 3.63) is 98.6 Å². The summed E-state index contributed by atoms with van der Waals surface area (Å²) in [5.74, 6) is 2.05. The van der Waals surface area contributed by atoms with E-state index in [-0.39, 0.29) is 55.2 Å². The van der Waals surface area contributed by atoms with Gasteiger partial charge in [-0.1, -0.05) is 24.3 Å². The lowest BCUT2D eigenvalue weighted by Gasteiger charge is -2.41. The summed E-state index contributed by atoms with van der Waals surface area (Å²) in [5.41, 5.74) is 8.27. The Kier molecular flexibility index (Phi) is 8.86. The molecule has 1 aliphatic carbocycles. The van der Waals surface area contributed by atoms with E-state index in [1.807, 2.05) is 25.2 Å². The van der Waals surface area contributed by atoms with Crippen LogP contribution in [0, 0.1) is 0 Å². The van der Waals surface area contributed by atoms with Gasteiger partial charge in [-0.15, -0.1) is 0 Å². The van der Waals surface area contributed by atoms with Crippen LogP contribution in [0.15, 0.2) is 59.6 Å². The monoisotopic (exact) mass is 678 g/mol. The van der Waals surface area contributed by atoms with E-state index < -0.39 is 6.10 Å². The molecule has 5 N–H and O–H groups in total. The lowest BCUT2D eigenvalue weighted by atomic mass is 9.72. The SMILES string of the molecule is CNCOC1Cc2c3c(c4c(c2OC1c1ccc(O)c(OCCO)c1)CCC(CO)O4)-c1ccc(O)cc1C(Cc1ccc2c(c1)=CCN=2)C3. The normalized spacial score (nSPS) is 21.3. The molecule has 0 bridgehead atoms. The van der Waals surface area contributed by atoms with Gasteiger partial charge in [0.15, 0.2) is 17.6 Å². The van der Waals surface area contributed by atoms with Crippen LogP contribution in [0.25, 0.3) is 17.2 Å². The van der Waals surface area contributed by atoms with Crippen LogP contribution in [0.2, 0.25) is 0 Å². The van der Waals surface area contributed by atoms with E-state index >= 15 is 0 Å². The van der Waals surface area contributed by atoms with Gasteiger partial charge in [0.2, 0.25) is 0 Å². The fourth-order valence-electron chi connectivity index (χ4n) is 8.07. The van der Waals surface area contributed by atoms with Gasteiger partial charge < -0.3 is 39.4 Å². The minimum absolute atomic E-state index is 0.0209. The Labute approximate surface area is 290 Å². The maximum atomic E-state index is 10.7. The van der Waals surface area contributed by atoms with E-state index in [1.54, 1.807) is 18.2 Å². The first kappa shape index (κ1) is 32.6. The Balaban J connectivity index is 1.27. The van der Waals surface area contributed by atoms with Crippen molar-refractivity contribution in [2.24, 2.45) is 4.99 Å². The molecule has 0 radical (unpaired) electrons. The fourth-order valence-corrected chi connectivity index (χ4v) is 8.07. The Bertz CT molecular complexity index is 2060. The lowest BCUT2D eigenvalue weighted by Crippen LogP contribution is -2.37. The first-order chi connectivity index (χ1) is 24.4.